The number of thiophene rings is 1. The van der Waals surface area contributed by atoms with Gasteiger partial charge >= 0.3 is 0 Å². The van der Waals surface area contributed by atoms with Crippen LogP contribution in [0.4, 0.5) is 0 Å². The zero-order chi connectivity index (χ0) is 15.2. The van der Waals surface area contributed by atoms with Crippen LogP contribution in [-0.4, -0.2) is 6.04 Å². The Morgan fingerprint density at radius 2 is 1.95 bits per heavy atom. The first-order chi connectivity index (χ1) is 10.1. The second-order valence-corrected chi connectivity index (χ2v) is 6.82. The topological polar surface area (TPSA) is 35.2 Å². The molecule has 114 valence electrons. The molecule has 0 aliphatic rings. The zero-order valence-corrected chi connectivity index (χ0v) is 14.1. The molecule has 4 heteroatoms. The number of hydrogen-bond acceptors (Lipinski definition) is 3. The zero-order valence-electron chi connectivity index (χ0n) is 12.6. The minimum absolute atomic E-state index is 0.138. The first-order valence-electron chi connectivity index (χ1n) is 7.36. The maximum Gasteiger partial charge on any atom is 0.123 e. The Bertz CT molecular complexity index is 582. The predicted molar refractivity (Wildman–Crippen MR) is 91.5 cm³/mol. The summed E-state index contributed by atoms with van der Waals surface area (Å²) in [5.74, 6) is 0.884. The highest BCUT2D eigenvalue weighted by Crippen LogP contribution is 2.26. The van der Waals surface area contributed by atoms with E-state index in [1.54, 1.807) is 11.3 Å². The third-order valence-corrected chi connectivity index (χ3v) is 4.90. The number of benzene rings is 1. The van der Waals surface area contributed by atoms with Crippen LogP contribution in [0.2, 0.25) is 5.02 Å². The number of rotatable bonds is 7. The van der Waals surface area contributed by atoms with E-state index in [1.165, 1.54) is 9.75 Å². The fourth-order valence-electron chi connectivity index (χ4n) is 2.11. The van der Waals surface area contributed by atoms with Crippen molar-refractivity contribution in [2.24, 2.45) is 5.73 Å². The molecule has 1 aromatic heterocycles. The van der Waals surface area contributed by atoms with Crippen LogP contribution in [0.25, 0.3) is 0 Å². The summed E-state index contributed by atoms with van der Waals surface area (Å²) in [5, 5.41) is 0.727. The van der Waals surface area contributed by atoms with Crippen molar-refractivity contribution in [3.05, 3.63) is 50.7 Å². The summed E-state index contributed by atoms with van der Waals surface area (Å²) >= 11 is 7.89. The molecule has 0 aliphatic heterocycles. The highest BCUT2D eigenvalue weighted by Gasteiger charge is 2.10. The van der Waals surface area contributed by atoms with Crippen LogP contribution in [-0.2, 0) is 19.4 Å². The minimum Gasteiger partial charge on any atom is -0.488 e. The second kappa shape index (κ2) is 7.83. The summed E-state index contributed by atoms with van der Waals surface area (Å²) in [7, 11) is 0. The summed E-state index contributed by atoms with van der Waals surface area (Å²) in [5.41, 5.74) is 7.14. The molecule has 1 aromatic carbocycles. The first-order valence-corrected chi connectivity index (χ1v) is 8.56. The van der Waals surface area contributed by atoms with E-state index in [0.29, 0.717) is 6.61 Å². The fourth-order valence-corrected chi connectivity index (χ4v) is 3.18. The molecule has 0 amide bonds. The van der Waals surface area contributed by atoms with Gasteiger partial charge in [-0.15, -0.1) is 11.3 Å². The number of halogens is 1. The molecule has 2 nitrogen and oxygen atoms in total. The van der Waals surface area contributed by atoms with E-state index in [-0.39, 0.29) is 6.04 Å². The Labute approximate surface area is 135 Å². The summed E-state index contributed by atoms with van der Waals surface area (Å²) in [4.78, 5) is 2.63. The Kier molecular flexibility index (Phi) is 6.09. The van der Waals surface area contributed by atoms with E-state index in [4.69, 9.17) is 22.1 Å². The van der Waals surface area contributed by atoms with Crippen molar-refractivity contribution >= 4 is 22.9 Å². The van der Waals surface area contributed by atoms with Crippen molar-refractivity contribution in [3.8, 4) is 5.75 Å². The van der Waals surface area contributed by atoms with Crippen molar-refractivity contribution in [3.63, 3.8) is 0 Å². The van der Waals surface area contributed by atoms with E-state index in [1.807, 2.05) is 18.2 Å². The van der Waals surface area contributed by atoms with Crippen LogP contribution in [0.3, 0.4) is 0 Å². The molecule has 0 saturated carbocycles. The molecular formula is C17H22ClNOS. The lowest BCUT2D eigenvalue weighted by atomic mass is 10.0. The molecule has 1 unspecified atom stereocenters. The van der Waals surface area contributed by atoms with E-state index in [9.17, 15) is 0 Å². The molecule has 0 aliphatic carbocycles. The van der Waals surface area contributed by atoms with Gasteiger partial charge in [0.2, 0.25) is 0 Å². The normalized spacial score (nSPS) is 12.4. The molecule has 2 N–H and O–H groups in total. The number of ether oxygens (including phenoxy) is 1. The van der Waals surface area contributed by atoms with Gasteiger partial charge in [0.15, 0.2) is 0 Å². The van der Waals surface area contributed by atoms with Crippen LogP contribution in [0.5, 0.6) is 5.75 Å². The maximum absolute atomic E-state index is 6.09. The Hall–Kier alpha value is -1.03. The van der Waals surface area contributed by atoms with Crippen LogP contribution in [0, 0.1) is 0 Å². The van der Waals surface area contributed by atoms with E-state index < -0.39 is 0 Å². The van der Waals surface area contributed by atoms with Gasteiger partial charge in [-0.05, 0) is 55.2 Å². The van der Waals surface area contributed by atoms with Crippen LogP contribution < -0.4 is 10.5 Å². The summed E-state index contributed by atoms with van der Waals surface area (Å²) in [6.45, 7) is 4.86. The number of hydrogen-bond donors (Lipinski definition) is 1. The highest BCUT2D eigenvalue weighted by molar-refractivity contribution is 7.11. The van der Waals surface area contributed by atoms with Gasteiger partial charge in [-0.25, -0.2) is 0 Å². The molecular weight excluding hydrogens is 302 g/mol. The SMILES string of the molecule is CCc1ccc(COc2ccc(Cl)cc2CC(N)CC)s1. The van der Waals surface area contributed by atoms with Crippen molar-refractivity contribution in [2.45, 2.75) is 45.8 Å². The van der Waals surface area contributed by atoms with Crippen molar-refractivity contribution in [2.75, 3.05) is 0 Å². The lowest BCUT2D eigenvalue weighted by molar-refractivity contribution is 0.305. The van der Waals surface area contributed by atoms with Crippen LogP contribution in [0.15, 0.2) is 30.3 Å². The van der Waals surface area contributed by atoms with Crippen molar-refractivity contribution < 1.29 is 4.74 Å². The Morgan fingerprint density at radius 3 is 2.62 bits per heavy atom. The molecule has 0 spiro atoms. The average molecular weight is 324 g/mol. The molecule has 2 aromatic rings. The monoisotopic (exact) mass is 323 g/mol. The highest BCUT2D eigenvalue weighted by atomic mass is 35.5. The number of aryl methyl sites for hydroxylation is 1. The molecule has 2 rings (SSSR count). The fraction of sp³-hybridized carbons (Fsp3) is 0.412. The third kappa shape index (κ3) is 4.73. The Morgan fingerprint density at radius 1 is 1.19 bits per heavy atom. The third-order valence-electron chi connectivity index (χ3n) is 3.46. The second-order valence-electron chi connectivity index (χ2n) is 5.13. The van der Waals surface area contributed by atoms with E-state index >= 15 is 0 Å². The molecule has 0 radical (unpaired) electrons. The maximum atomic E-state index is 6.09. The van der Waals surface area contributed by atoms with Gasteiger partial charge in [-0.2, -0.15) is 0 Å². The standard InChI is InChI=1S/C17H22ClNOS/c1-3-14(19)10-12-9-13(18)5-8-17(12)20-11-16-7-6-15(4-2)21-16/h5-9,14H,3-4,10-11,19H2,1-2H3. The minimum atomic E-state index is 0.138. The van der Waals surface area contributed by atoms with Gasteiger partial charge in [0.25, 0.3) is 0 Å². The summed E-state index contributed by atoms with van der Waals surface area (Å²) in [6, 6.07) is 10.2. The van der Waals surface area contributed by atoms with Gasteiger partial charge < -0.3 is 10.5 Å². The van der Waals surface area contributed by atoms with Crippen LogP contribution >= 0.6 is 22.9 Å². The lowest BCUT2D eigenvalue weighted by Gasteiger charge is -2.14. The Balaban J connectivity index is 2.07. The van der Waals surface area contributed by atoms with Gasteiger partial charge in [-0.1, -0.05) is 25.4 Å². The largest absolute Gasteiger partial charge is 0.488 e. The molecule has 1 atom stereocenters. The molecule has 0 bridgehead atoms. The van der Waals surface area contributed by atoms with Gasteiger partial charge in [-0.3, -0.25) is 0 Å². The van der Waals surface area contributed by atoms with Crippen molar-refractivity contribution in [1.29, 1.82) is 0 Å². The quantitative estimate of drug-likeness (QED) is 0.792. The summed E-state index contributed by atoms with van der Waals surface area (Å²) < 4.78 is 5.98. The molecule has 1 heterocycles. The lowest BCUT2D eigenvalue weighted by Crippen LogP contribution is -2.21. The molecule has 0 fully saturated rings. The molecule has 0 saturated heterocycles. The van der Waals surface area contributed by atoms with Gasteiger partial charge in [0.1, 0.15) is 12.4 Å². The van der Waals surface area contributed by atoms with Crippen LogP contribution in [0.1, 0.15) is 35.6 Å². The van der Waals surface area contributed by atoms with Gasteiger partial charge in [0.05, 0.1) is 0 Å². The first kappa shape index (κ1) is 16.3. The predicted octanol–water partition coefficient (Wildman–Crippen LogP) is 4.82. The molecule has 21 heavy (non-hydrogen) atoms. The number of nitrogens with two attached hydrogens (primary N) is 1. The average Bonchev–Trinajstić information content (AvgIpc) is 2.94. The van der Waals surface area contributed by atoms with Crippen molar-refractivity contribution in [1.82, 2.24) is 0 Å². The smallest absolute Gasteiger partial charge is 0.123 e. The van der Waals surface area contributed by atoms with E-state index in [0.717, 1.165) is 35.6 Å². The van der Waals surface area contributed by atoms with Gasteiger partial charge in [0, 0.05) is 20.8 Å². The summed E-state index contributed by atoms with van der Waals surface area (Å²) in [6.07, 6.45) is 2.80. The van der Waals surface area contributed by atoms with E-state index in [2.05, 4.69) is 26.0 Å².